The summed E-state index contributed by atoms with van der Waals surface area (Å²) in [7, 11) is 0. The Morgan fingerprint density at radius 2 is 2.23 bits per heavy atom. The Bertz CT molecular complexity index is 322. The van der Waals surface area contributed by atoms with Crippen LogP contribution in [0.15, 0.2) is 6.07 Å². The first-order valence-corrected chi connectivity index (χ1v) is 4.78. The van der Waals surface area contributed by atoms with Crippen molar-refractivity contribution in [3.05, 3.63) is 22.5 Å². The van der Waals surface area contributed by atoms with E-state index in [9.17, 15) is 13.9 Å². The van der Waals surface area contributed by atoms with Gasteiger partial charge in [-0.05, 0) is 0 Å². The lowest BCUT2D eigenvalue weighted by atomic mass is 10.3. The van der Waals surface area contributed by atoms with E-state index in [-0.39, 0.29) is 21.8 Å². The van der Waals surface area contributed by atoms with Gasteiger partial charge in [-0.15, -0.1) is 0 Å². The zero-order valence-corrected chi connectivity index (χ0v) is 8.61. The molecular weight excluding hydrogens is 267 g/mol. The largest absolute Gasteiger partial charge is 0.506 e. The van der Waals surface area contributed by atoms with E-state index in [4.69, 9.17) is 11.6 Å². The van der Waals surface area contributed by atoms with Crippen molar-refractivity contribution in [3.8, 4) is 5.75 Å². The van der Waals surface area contributed by atoms with Gasteiger partial charge >= 0.3 is 0 Å². The summed E-state index contributed by atoms with van der Waals surface area (Å²) < 4.78 is 24.5. The van der Waals surface area contributed by atoms with Crippen LogP contribution < -0.4 is 0 Å². The monoisotopic (exact) mass is 271 g/mol. The molecule has 0 aliphatic heterocycles. The van der Waals surface area contributed by atoms with Gasteiger partial charge in [0.1, 0.15) is 11.4 Å². The molecular formula is C7H5BrClF2NO. The first-order valence-electron chi connectivity index (χ1n) is 3.28. The first kappa shape index (κ1) is 10.7. The first-order chi connectivity index (χ1) is 6.06. The smallest absolute Gasteiger partial charge is 0.281 e. The van der Waals surface area contributed by atoms with Gasteiger partial charge in [-0.25, -0.2) is 13.8 Å². The fourth-order valence-corrected chi connectivity index (χ4v) is 1.43. The van der Waals surface area contributed by atoms with Crippen molar-refractivity contribution in [2.75, 3.05) is 0 Å². The van der Waals surface area contributed by atoms with Crippen molar-refractivity contribution in [1.29, 1.82) is 0 Å². The van der Waals surface area contributed by atoms with E-state index in [1.54, 1.807) is 0 Å². The van der Waals surface area contributed by atoms with Crippen molar-refractivity contribution < 1.29 is 13.9 Å². The standard InChI is InChI=1S/C7H5BrClF2NO/c8-2-4-5(13)1-3(9)6(12-4)7(10)11/h1,7,13H,2H2. The molecule has 0 fully saturated rings. The molecule has 0 radical (unpaired) electrons. The lowest BCUT2D eigenvalue weighted by molar-refractivity contribution is 0.146. The summed E-state index contributed by atoms with van der Waals surface area (Å²) in [5.74, 6) is -0.189. The van der Waals surface area contributed by atoms with E-state index in [1.807, 2.05) is 0 Å². The molecule has 0 spiro atoms. The fraction of sp³-hybridized carbons (Fsp3) is 0.286. The second kappa shape index (κ2) is 4.19. The number of alkyl halides is 3. The van der Waals surface area contributed by atoms with Crippen LogP contribution in [0.5, 0.6) is 5.75 Å². The molecule has 1 N–H and O–H groups in total. The summed E-state index contributed by atoms with van der Waals surface area (Å²) in [6.45, 7) is 0. The van der Waals surface area contributed by atoms with Crippen LogP contribution in [0.1, 0.15) is 17.8 Å². The third kappa shape index (κ3) is 2.28. The van der Waals surface area contributed by atoms with Crippen molar-refractivity contribution in [1.82, 2.24) is 4.98 Å². The quantitative estimate of drug-likeness (QED) is 0.838. The summed E-state index contributed by atoms with van der Waals surface area (Å²) in [6, 6.07) is 1.06. The van der Waals surface area contributed by atoms with Crippen LogP contribution in [0.25, 0.3) is 0 Å². The molecule has 0 saturated carbocycles. The highest BCUT2D eigenvalue weighted by Gasteiger charge is 2.16. The zero-order valence-electron chi connectivity index (χ0n) is 6.27. The number of aromatic hydroxyl groups is 1. The molecule has 2 nitrogen and oxygen atoms in total. The fourth-order valence-electron chi connectivity index (χ4n) is 0.785. The van der Waals surface area contributed by atoms with Crippen LogP contribution in [0, 0.1) is 0 Å². The highest BCUT2D eigenvalue weighted by atomic mass is 79.9. The second-order valence-corrected chi connectivity index (χ2v) is 3.22. The summed E-state index contributed by atoms with van der Waals surface area (Å²) in [5.41, 5.74) is -0.353. The number of hydrogen-bond acceptors (Lipinski definition) is 2. The van der Waals surface area contributed by atoms with Gasteiger partial charge in [0.05, 0.1) is 10.7 Å². The van der Waals surface area contributed by atoms with Crippen molar-refractivity contribution in [2.45, 2.75) is 11.8 Å². The highest BCUT2D eigenvalue weighted by molar-refractivity contribution is 9.08. The van der Waals surface area contributed by atoms with Gasteiger partial charge in [0.2, 0.25) is 0 Å². The van der Waals surface area contributed by atoms with E-state index in [0.717, 1.165) is 6.07 Å². The summed E-state index contributed by atoms with van der Waals surface area (Å²) in [4.78, 5) is 3.51. The maximum absolute atomic E-state index is 12.2. The van der Waals surface area contributed by atoms with Crippen LogP contribution in [0.4, 0.5) is 8.78 Å². The Morgan fingerprint density at radius 3 is 2.69 bits per heavy atom. The molecule has 1 aromatic heterocycles. The van der Waals surface area contributed by atoms with Crippen molar-refractivity contribution >= 4 is 27.5 Å². The predicted octanol–water partition coefficient (Wildman–Crippen LogP) is 3.27. The van der Waals surface area contributed by atoms with E-state index in [2.05, 4.69) is 20.9 Å². The summed E-state index contributed by atoms with van der Waals surface area (Å²) >= 11 is 8.44. The third-order valence-electron chi connectivity index (χ3n) is 1.39. The summed E-state index contributed by atoms with van der Waals surface area (Å²) in [5, 5.41) is 9.16. The van der Waals surface area contributed by atoms with Crippen LogP contribution in [-0.4, -0.2) is 10.1 Å². The Balaban J connectivity index is 3.22. The van der Waals surface area contributed by atoms with Crippen LogP contribution in [0.3, 0.4) is 0 Å². The number of hydrogen-bond donors (Lipinski definition) is 1. The van der Waals surface area contributed by atoms with Crippen LogP contribution >= 0.6 is 27.5 Å². The third-order valence-corrected chi connectivity index (χ3v) is 2.23. The maximum Gasteiger partial charge on any atom is 0.281 e. The molecule has 0 amide bonds. The normalized spacial score (nSPS) is 10.8. The topological polar surface area (TPSA) is 33.1 Å². The van der Waals surface area contributed by atoms with Crippen molar-refractivity contribution in [2.24, 2.45) is 0 Å². The Labute approximate surface area is 86.7 Å². The number of pyridine rings is 1. The SMILES string of the molecule is Oc1cc(Cl)c(C(F)F)nc1CBr. The average Bonchev–Trinajstić information content (AvgIpc) is 2.03. The molecule has 72 valence electrons. The Hall–Kier alpha value is -0.420. The van der Waals surface area contributed by atoms with Crippen LogP contribution in [0.2, 0.25) is 5.02 Å². The van der Waals surface area contributed by atoms with E-state index in [0.29, 0.717) is 0 Å². The minimum Gasteiger partial charge on any atom is -0.506 e. The number of halogens is 4. The van der Waals surface area contributed by atoms with Crippen molar-refractivity contribution in [3.63, 3.8) is 0 Å². The van der Waals surface area contributed by atoms with Gasteiger partial charge in [0.15, 0.2) is 0 Å². The van der Waals surface area contributed by atoms with Gasteiger partial charge in [-0.1, -0.05) is 27.5 Å². The van der Waals surface area contributed by atoms with E-state index < -0.39 is 12.1 Å². The lowest BCUT2D eigenvalue weighted by Crippen LogP contribution is -1.96. The average molecular weight is 272 g/mol. The van der Waals surface area contributed by atoms with Gasteiger partial charge in [0.25, 0.3) is 6.43 Å². The van der Waals surface area contributed by atoms with E-state index >= 15 is 0 Å². The minimum absolute atomic E-state index is 0.153. The molecule has 0 aromatic carbocycles. The van der Waals surface area contributed by atoms with E-state index in [1.165, 1.54) is 0 Å². The molecule has 1 heterocycles. The van der Waals surface area contributed by atoms with Gasteiger partial charge in [-0.3, -0.25) is 0 Å². The Kier molecular flexibility index (Phi) is 3.44. The molecule has 0 aliphatic rings. The van der Waals surface area contributed by atoms with Gasteiger partial charge in [0, 0.05) is 11.4 Å². The van der Waals surface area contributed by atoms with Crippen LogP contribution in [-0.2, 0) is 5.33 Å². The highest BCUT2D eigenvalue weighted by Crippen LogP contribution is 2.30. The maximum atomic E-state index is 12.2. The molecule has 0 bridgehead atoms. The molecule has 1 rings (SSSR count). The molecule has 1 aromatic rings. The molecule has 0 aliphatic carbocycles. The number of rotatable bonds is 2. The zero-order chi connectivity index (χ0) is 10.0. The molecule has 13 heavy (non-hydrogen) atoms. The molecule has 6 heteroatoms. The minimum atomic E-state index is -2.73. The number of aromatic nitrogens is 1. The lowest BCUT2D eigenvalue weighted by Gasteiger charge is -2.05. The number of nitrogens with zero attached hydrogens (tertiary/aromatic N) is 1. The van der Waals surface area contributed by atoms with Gasteiger partial charge in [-0.2, -0.15) is 0 Å². The molecule has 0 saturated heterocycles. The Morgan fingerprint density at radius 1 is 1.62 bits per heavy atom. The second-order valence-electron chi connectivity index (χ2n) is 2.26. The molecule has 0 unspecified atom stereocenters. The van der Waals surface area contributed by atoms with Gasteiger partial charge < -0.3 is 5.11 Å². The predicted molar refractivity (Wildman–Crippen MR) is 48.5 cm³/mol. The molecule has 0 atom stereocenters. The summed E-state index contributed by atoms with van der Waals surface area (Å²) in [6.07, 6.45) is -2.73.